The monoisotopic (exact) mass is 720 g/mol. The Labute approximate surface area is 288 Å². The maximum absolute atomic E-state index is 15.0. The Morgan fingerprint density at radius 3 is 2.49 bits per heavy atom. The zero-order valence-electron chi connectivity index (χ0n) is 26.7. The first-order valence-corrected chi connectivity index (χ1v) is 17.9. The Morgan fingerprint density at radius 1 is 1.11 bits per heavy atom. The number of likely N-dealkylation sites (tertiary alicyclic amines) is 1. The van der Waals surface area contributed by atoms with E-state index in [-0.39, 0.29) is 60.1 Å². The molecule has 3 aliphatic rings. The van der Waals surface area contributed by atoms with Crippen molar-refractivity contribution in [2.75, 3.05) is 24.6 Å². The highest BCUT2D eigenvalue weighted by Crippen LogP contribution is 2.68. The molecule has 3 aliphatic heterocycles. The van der Waals surface area contributed by atoms with E-state index < -0.39 is 28.7 Å². The van der Waals surface area contributed by atoms with Crippen molar-refractivity contribution in [2.45, 2.75) is 60.3 Å². The van der Waals surface area contributed by atoms with Gasteiger partial charge in [0.15, 0.2) is 0 Å². The number of carbonyl (C=O) groups excluding carboxylic acids is 3. The number of aliphatic hydroxyl groups excluding tert-OH is 1. The van der Waals surface area contributed by atoms with Crippen LogP contribution in [0.4, 0.5) is 5.69 Å². The fraction of sp³-hybridized carbons (Fsp3) is 0.457. The van der Waals surface area contributed by atoms with Crippen LogP contribution in [0.3, 0.4) is 0 Å². The number of alkyl halides is 1. The van der Waals surface area contributed by atoms with Crippen LogP contribution in [0.15, 0.2) is 79.9 Å². The number of rotatable bonds is 13. The van der Waals surface area contributed by atoms with Crippen LogP contribution in [0.1, 0.15) is 26.7 Å². The lowest BCUT2D eigenvalue weighted by Gasteiger charge is -2.40. The third kappa shape index (κ3) is 5.72. The summed E-state index contributed by atoms with van der Waals surface area (Å²) in [5, 5.41) is 19.1. The third-order valence-corrected chi connectivity index (χ3v) is 12.8. The quantitative estimate of drug-likeness (QED) is 0.205. The molecule has 2 aromatic carbocycles. The van der Waals surface area contributed by atoms with Crippen molar-refractivity contribution in [2.24, 2.45) is 17.8 Å². The average molecular weight is 722 g/mol. The summed E-state index contributed by atoms with van der Waals surface area (Å²) in [6.45, 7) is 12.2. The molecule has 3 aromatic rings. The van der Waals surface area contributed by atoms with E-state index in [9.17, 15) is 14.7 Å². The first-order chi connectivity index (χ1) is 22.7. The number of hydrogen-bond donors (Lipinski definition) is 1. The number of para-hydroxylation sites is 2. The van der Waals surface area contributed by atoms with Gasteiger partial charge in [0.25, 0.3) is 0 Å². The van der Waals surface area contributed by atoms with Gasteiger partial charge in [0, 0.05) is 28.9 Å². The van der Waals surface area contributed by atoms with Crippen LogP contribution in [0.5, 0.6) is 0 Å². The lowest BCUT2D eigenvalue weighted by molar-refractivity contribution is -0.146. The van der Waals surface area contributed by atoms with Crippen LogP contribution in [0.2, 0.25) is 0 Å². The maximum Gasteiger partial charge on any atom is 0.248 e. The lowest BCUT2D eigenvalue weighted by Crippen LogP contribution is -2.58. The largest absolute Gasteiger partial charge is 0.394 e. The van der Waals surface area contributed by atoms with Crippen molar-refractivity contribution in [3.63, 3.8) is 0 Å². The van der Waals surface area contributed by atoms with Crippen LogP contribution in [-0.2, 0) is 21.1 Å². The van der Waals surface area contributed by atoms with E-state index in [2.05, 4.69) is 39.4 Å². The van der Waals surface area contributed by atoms with E-state index in [1.165, 1.54) is 0 Å². The van der Waals surface area contributed by atoms with Crippen molar-refractivity contribution < 1.29 is 19.5 Å². The number of hydrogen-bond acceptors (Lipinski definition) is 7. The molecular formula is C35H41BrN6O4S. The summed E-state index contributed by atoms with van der Waals surface area (Å²) < 4.78 is 0.800. The summed E-state index contributed by atoms with van der Waals surface area (Å²) in [6, 6.07) is 15.5. The Bertz CT molecular complexity index is 1670. The number of amides is 3. The van der Waals surface area contributed by atoms with Crippen molar-refractivity contribution >= 4 is 62.1 Å². The molecular weight excluding hydrogens is 680 g/mol. The molecule has 47 heavy (non-hydrogen) atoms. The third-order valence-electron chi connectivity index (χ3n) is 9.63. The van der Waals surface area contributed by atoms with Crippen molar-refractivity contribution in [1.82, 2.24) is 24.8 Å². The molecule has 1 spiro atoms. The molecule has 3 unspecified atom stereocenters. The van der Waals surface area contributed by atoms with Gasteiger partial charge in [0.05, 0.1) is 34.7 Å². The topological polar surface area (TPSA) is 112 Å². The molecule has 3 amide bonds. The zero-order chi connectivity index (χ0) is 33.5. The second kappa shape index (κ2) is 13.6. The van der Waals surface area contributed by atoms with Crippen molar-refractivity contribution in [1.29, 1.82) is 0 Å². The normalized spacial score (nSPS) is 26.9. The highest BCUT2D eigenvalue weighted by Gasteiger charge is 2.76. The molecule has 0 radical (unpaired) electrons. The van der Waals surface area contributed by atoms with Crippen molar-refractivity contribution in [3.8, 4) is 0 Å². The molecule has 2 bridgehead atoms. The summed E-state index contributed by atoms with van der Waals surface area (Å²) in [5.41, 5.74) is 2.22. The second-order valence-electron chi connectivity index (χ2n) is 13.0. The van der Waals surface area contributed by atoms with E-state index in [0.717, 1.165) is 11.2 Å². The van der Waals surface area contributed by atoms with Gasteiger partial charge in [-0.3, -0.25) is 14.4 Å². The van der Waals surface area contributed by atoms with Gasteiger partial charge in [-0.15, -0.1) is 30.0 Å². The van der Waals surface area contributed by atoms with Crippen LogP contribution >= 0.6 is 27.7 Å². The number of anilines is 1. The Morgan fingerprint density at radius 2 is 1.81 bits per heavy atom. The number of benzene rings is 2. The van der Waals surface area contributed by atoms with Crippen LogP contribution in [0, 0.1) is 17.8 Å². The molecule has 1 aromatic heterocycles. The average Bonchev–Trinajstić information content (AvgIpc) is 3.79. The van der Waals surface area contributed by atoms with Gasteiger partial charge in [-0.05, 0) is 43.0 Å². The van der Waals surface area contributed by atoms with Gasteiger partial charge >= 0.3 is 0 Å². The van der Waals surface area contributed by atoms with E-state index in [1.807, 2.05) is 68.4 Å². The van der Waals surface area contributed by atoms with E-state index in [1.54, 1.807) is 43.3 Å². The predicted molar refractivity (Wildman–Crippen MR) is 188 cm³/mol. The molecule has 248 valence electrons. The molecule has 3 fully saturated rings. The maximum atomic E-state index is 15.0. The molecule has 7 atom stereocenters. The fourth-order valence-corrected chi connectivity index (χ4v) is 11.4. The summed E-state index contributed by atoms with van der Waals surface area (Å²) in [4.78, 5) is 49.4. The van der Waals surface area contributed by atoms with E-state index >= 15 is 4.79 Å². The van der Waals surface area contributed by atoms with Crippen molar-refractivity contribution in [3.05, 3.63) is 79.9 Å². The Balaban J connectivity index is 1.43. The highest BCUT2D eigenvalue weighted by atomic mass is 79.9. The molecule has 12 heteroatoms. The van der Waals surface area contributed by atoms with Gasteiger partial charge in [-0.2, -0.15) is 0 Å². The van der Waals surface area contributed by atoms with E-state index in [4.69, 9.17) is 0 Å². The molecule has 10 nitrogen and oxygen atoms in total. The van der Waals surface area contributed by atoms with Gasteiger partial charge in [-0.25, -0.2) is 4.68 Å². The number of aromatic nitrogens is 3. The number of carbonyl (C=O) groups is 3. The molecule has 6 rings (SSSR count). The number of aliphatic hydroxyl groups is 1. The number of fused-ring (bicyclic) bond motifs is 2. The van der Waals surface area contributed by atoms with E-state index in [0.29, 0.717) is 18.4 Å². The summed E-state index contributed by atoms with van der Waals surface area (Å²) in [6.07, 6.45) is 4.40. The minimum Gasteiger partial charge on any atom is -0.394 e. The lowest BCUT2D eigenvalue weighted by atomic mass is 9.70. The fourth-order valence-electron chi connectivity index (χ4n) is 7.81. The molecule has 0 saturated carbocycles. The van der Waals surface area contributed by atoms with Gasteiger partial charge < -0.3 is 19.8 Å². The SMILES string of the molecule is C=CCN(Cn1nnc2ccccc21)C(=O)C1N([C@@H](CO)CC(C)C)C(=O)[C@@H]2[C@H](C(=O)N(CC=C)c3ccccc3)[C@H]3SC12CC3Br. The zero-order valence-corrected chi connectivity index (χ0v) is 29.1. The number of nitrogens with zero attached hydrogens (tertiary/aromatic N) is 6. The Hall–Kier alpha value is -3.48. The Kier molecular flexibility index (Phi) is 9.64. The molecule has 4 heterocycles. The first kappa shape index (κ1) is 33.4. The molecule has 0 aliphatic carbocycles. The smallest absolute Gasteiger partial charge is 0.248 e. The van der Waals surface area contributed by atoms with Crippen LogP contribution < -0.4 is 4.90 Å². The highest BCUT2D eigenvalue weighted by molar-refractivity contribution is 9.09. The number of halogens is 1. The molecule has 3 saturated heterocycles. The second-order valence-corrected chi connectivity index (χ2v) is 15.7. The molecule has 1 N–H and O–H groups in total. The number of thioether (sulfide) groups is 1. The van der Waals surface area contributed by atoms with Crippen LogP contribution in [-0.4, -0.2) is 94.2 Å². The summed E-state index contributed by atoms with van der Waals surface area (Å²) in [5.74, 6) is -1.90. The standard InChI is InChI=1S/C35H41BrN6O4S/c1-5-16-39(21-41-27-15-11-10-14-26(27)37-38-41)34(46)31-35-19-25(36)30(47-35)28(29(35)33(45)42(31)24(20-43)18-22(3)4)32(44)40(17-6-2)23-12-8-7-9-13-23/h5-15,22,24-25,28-31,43H,1-2,16-21H2,3-4H3/t24-,25?,28+,29+,30+,31?,35?/m1/s1. The minimum absolute atomic E-state index is 0.0908. The van der Waals surface area contributed by atoms with Crippen LogP contribution in [0.25, 0.3) is 11.0 Å². The van der Waals surface area contributed by atoms with Gasteiger partial charge in [0.1, 0.15) is 18.2 Å². The first-order valence-electron chi connectivity index (χ1n) is 16.1. The predicted octanol–water partition coefficient (Wildman–Crippen LogP) is 4.49. The summed E-state index contributed by atoms with van der Waals surface area (Å²) in [7, 11) is 0. The van der Waals surface area contributed by atoms with Gasteiger partial charge in [-0.1, -0.05) is 77.5 Å². The summed E-state index contributed by atoms with van der Waals surface area (Å²) >= 11 is 5.47. The minimum atomic E-state index is -0.900. The van der Waals surface area contributed by atoms with Gasteiger partial charge in [0.2, 0.25) is 17.7 Å².